The average molecular weight is 285 g/mol. The first-order valence-electron chi connectivity index (χ1n) is 6.95. The van der Waals surface area contributed by atoms with Gasteiger partial charge in [0.05, 0.1) is 11.3 Å². The quantitative estimate of drug-likeness (QED) is 0.872. The summed E-state index contributed by atoms with van der Waals surface area (Å²) in [6.07, 6.45) is 2.31. The molecule has 108 valence electrons. The van der Waals surface area contributed by atoms with E-state index >= 15 is 0 Å². The summed E-state index contributed by atoms with van der Waals surface area (Å²) in [6, 6.07) is 9.82. The van der Waals surface area contributed by atoms with Gasteiger partial charge in [0, 0.05) is 5.69 Å². The van der Waals surface area contributed by atoms with Crippen LogP contribution in [0.1, 0.15) is 40.2 Å². The molecule has 2 aromatic carbocycles. The van der Waals surface area contributed by atoms with E-state index < -0.39 is 5.97 Å². The molecule has 21 heavy (non-hydrogen) atoms. The Morgan fingerprint density at radius 3 is 2.57 bits per heavy atom. The summed E-state index contributed by atoms with van der Waals surface area (Å²) >= 11 is 0. The molecule has 0 heterocycles. The maximum atomic E-state index is 13.2. The third-order valence-electron chi connectivity index (χ3n) is 3.78. The van der Waals surface area contributed by atoms with Gasteiger partial charge in [-0.25, -0.2) is 9.18 Å². The van der Waals surface area contributed by atoms with Crippen molar-refractivity contribution in [2.24, 2.45) is 0 Å². The molecule has 4 heteroatoms. The second kappa shape index (κ2) is 5.20. The first kappa shape index (κ1) is 13.6. The van der Waals surface area contributed by atoms with Crippen LogP contribution < -0.4 is 5.32 Å². The molecule has 2 aromatic rings. The lowest BCUT2D eigenvalue weighted by atomic mass is 10.0. The van der Waals surface area contributed by atoms with Crippen molar-refractivity contribution in [3.05, 3.63) is 58.9 Å². The van der Waals surface area contributed by atoms with E-state index in [4.69, 9.17) is 0 Å². The third kappa shape index (κ3) is 2.89. The van der Waals surface area contributed by atoms with Gasteiger partial charge >= 0.3 is 5.97 Å². The largest absolute Gasteiger partial charge is 0.478 e. The van der Waals surface area contributed by atoms with Crippen molar-refractivity contribution < 1.29 is 14.3 Å². The molecule has 1 fully saturated rings. The van der Waals surface area contributed by atoms with E-state index in [-0.39, 0.29) is 11.4 Å². The van der Waals surface area contributed by atoms with Gasteiger partial charge in [0.2, 0.25) is 0 Å². The van der Waals surface area contributed by atoms with Gasteiger partial charge in [-0.1, -0.05) is 6.07 Å². The average Bonchev–Trinajstić information content (AvgIpc) is 3.26. The van der Waals surface area contributed by atoms with Crippen molar-refractivity contribution in [2.45, 2.75) is 25.7 Å². The lowest BCUT2D eigenvalue weighted by Crippen LogP contribution is -2.04. The predicted octanol–water partition coefficient (Wildman–Crippen LogP) is 4.45. The highest BCUT2D eigenvalue weighted by atomic mass is 19.1. The lowest BCUT2D eigenvalue weighted by Gasteiger charge is -2.13. The normalized spacial score (nSPS) is 14.0. The Balaban J connectivity index is 1.98. The fraction of sp³-hybridized carbons (Fsp3) is 0.235. The summed E-state index contributed by atoms with van der Waals surface area (Å²) in [5, 5.41) is 12.4. The zero-order valence-electron chi connectivity index (χ0n) is 11.7. The number of nitrogens with one attached hydrogen (secondary N) is 1. The highest BCUT2D eigenvalue weighted by Gasteiger charge is 2.25. The topological polar surface area (TPSA) is 49.3 Å². The maximum absolute atomic E-state index is 13.2. The third-order valence-corrected chi connectivity index (χ3v) is 3.78. The summed E-state index contributed by atoms with van der Waals surface area (Å²) < 4.78 is 13.2. The van der Waals surface area contributed by atoms with Crippen molar-refractivity contribution in [3.8, 4) is 0 Å². The molecular formula is C17H16FNO2. The molecule has 0 spiro atoms. The number of rotatable bonds is 4. The predicted molar refractivity (Wildman–Crippen MR) is 79.8 cm³/mol. The number of hydrogen-bond acceptors (Lipinski definition) is 2. The van der Waals surface area contributed by atoms with Gasteiger partial charge in [0.1, 0.15) is 5.82 Å². The van der Waals surface area contributed by atoms with Crippen molar-refractivity contribution in [2.75, 3.05) is 5.32 Å². The maximum Gasteiger partial charge on any atom is 0.337 e. The minimum absolute atomic E-state index is 0.225. The van der Waals surface area contributed by atoms with Crippen molar-refractivity contribution in [3.63, 3.8) is 0 Å². The molecule has 0 saturated heterocycles. The van der Waals surface area contributed by atoms with Gasteiger partial charge < -0.3 is 10.4 Å². The van der Waals surface area contributed by atoms with E-state index in [2.05, 4.69) is 5.32 Å². The molecule has 2 N–H and O–H groups in total. The highest BCUT2D eigenvalue weighted by Crippen LogP contribution is 2.41. The van der Waals surface area contributed by atoms with Crippen LogP contribution in [0.3, 0.4) is 0 Å². The van der Waals surface area contributed by atoms with Gasteiger partial charge in [-0.3, -0.25) is 0 Å². The number of carboxylic acid groups (broad SMARTS) is 1. The number of aromatic carboxylic acids is 1. The van der Waals surface area contributed by atoms with Crippen molar-refractivity contribution in [1.82, 2.24) is 0 Å². The fourth-order valence-electron chi connectivity index (χ4n) is 2.43. The molecule has 0 aliphatic heterocycles. The summed E-state index contributed by atoms with van der Waals surface area (Å²) in [7, 11) is 0. The minimum atomic E-state index is -0.973. The monoisotopic (exact) mass is 285 g/mol. The molecule has 0 radical (unpaired) electrons. The SMILES string of the molecule is Cc1cc(F)ccc1Nc1cc(C2CC2)ccc1C(=O)O. The Morgan fingerprint density at radius 1 is 1.19 bits per heavy atom. The van der Waals surface area contributed by atoms with Crippen LogP contribution in [0.2, 0.25) is 0 Å². The van der Waals surface area contributed by atoms with Crippen molar-refractivity contribution in [1.29, 1.82) is 0 Å². The molecule has 0 aromatic heterocycles. The van der Waals surface area contributed by atoms with Gasteiger partial charge in [-0.15, -0.1) is 0 Å². The van der Waals surface area contributed by atoms with Gasteiger partial charge in [-0.05, 0) is 67.1 Å². The number of anilines is 2. The Labute approximate surface area is 122 Å². The molecular weight excluding hydrogens is 269 g/mol. The van der Waals surface area contributed by atoms with E-state index in [0.29, 0.717) is 17.3 Å². The van der Waals surface area contributed by atoms with Crippen LogP contribution in [0.15, 0.2) is 36.4 Å². The molecule has 1 aliphatic carbocycles. The standard InChI is InChI=1S/C17H16FNO2/c1-10-8-13(18)5-7-15(10)19-16-9-12(11-2-3-11)4-6-14(16)17(20)21/h4-9,11,19H,2-3H2,1H3,(H,20,21). The molecule has 0 atom stereocenters. The molecule has 1 saturated carbocycles. The second-order valence-corrected chi connectivity index (χ2v) is 5.47. The molecule has 0 amide bonds. The summed E-state index contributed by atoms with van der Waals surface area (Å²) in [5.41, 5.74) is 3.39. The number of carbonyl (C=O) groups is 1. The van der Waals surface area contributed by atoms with Gasteiger partial charge in [0.25, 0.3) is 0 Å². The van der Waals surface area contributed by atoms with Crippen LogP contribution >= 0.6 is 0 Å². The lowest BCUT2D eigenvalue weighted by molar-refractivity contribution is 0.0698. The van der Waals surface area contributed by atoms with Crippen molar-refractivity contribution >= 4 is 17.3 Å². The smallest absolute Gasteiger partial charge is 0.337 e. The number of halogens is 1. The van der Waals surface area contributed by atoms with Gasteiger partial charge in [0.15, 0.2) is 0 Å². The van der Waals surface area contributed by atoms with Gasteiger partial charge in [-0.2, -0.15) is 0 Å². The van der Waals surface area contributed by atoms with Crippen LogP contribution in [0, 0.1) is 12.7 Å². The summed E-state index contributed by atoms with van der Waals surface area (Å²) in [5.74, 6) is -0.731. The first-order chi connectivity index (χ1) is 10.0. The fourth-order valence-corrected chi connectivity index (χ4v) is 2.43. The van der Waals surface area contributed by atoms with Crippen LogP contribution in [-0.4, -0.2) is 11.1 Å². The number of hydrogen-bond donors (Lipinski definition) is 2. The zero-order valence-corrected chi connectivity index (χ0v) is 11.7. The number of carboxylic acids is 1. The Bertz CT molecular complexity index is 708. The van der Waals surface area contributed by atoms with Crippen LogP contribution in [0.5, 0.6) is 0 Å². The van der Waals surface area contributed by atoms with E-state index in [1.165, 1.54) is 12.1 Å². The first-order valence-corrected chi connectivity index (χ1v) is 6.95. The molecule has 1 aliphatic rings. The number of benzene rings is 2. The molecule has 3 rings (SSSR count). The second-order valence-electron chi connectivity index (χ2n) is 5.47. The summed E-state index contributed by atoms with van der Waals surface area (Å²) in [4.78, 5) is 11.3. The van der Waals surface area contributed by atoms with E-state index in [9.17, 15) is 14.3 Å². The molecule has 0 bridgehead atoms. The minimum Gasteiger partial charge on any atom is -0.478 e. The number of aryl methyl sites for hydroxylation is 1. The Morgan fingerprint density at radius 2 is 1.95 bits per heavy atom. The van der Waals surface area contributed by atoms with Crippen LogP contribution in [-0.2, 0) is 0 Å². The van der Waals surface area contributed by atoms with Crippen LogP contribution in [0.4, 0.5) is 15.8 Å². The van der Waals surface area contributed by atoms with E-state index in [0.717, 1.165) is 24.0 Å². The van der Waals surface area contributed by atoms with Crippen LogP contribution in [0.25, 0.3) is 0 Å². The summed E-state index contributed by atoms with van der Waals surface area (Å²) in [6.45, 7) is 1.79. The van der Waals surface area contributed by atoms with E-state index in [1.54, 1.807) is 19.1 Å². The zero-order chi connectivity index (χ0) is 15.0. The Hall–Kier alpha value is -2.36. The molecule has 0 unspecified atom stereocenters. The highest BCUT2D eigenvalue weighted by molar-refractivity contribution is 5.95. The Kier molecular flexibility index (Phi) is 3.37. The van der Waals surface area contributed by atoms with E-state index in [1.807, 2.05) is 12.1 Å². The molecule has 3 nitrogen and oxygen atoms in total.